The molecular formula is C18H21NO3S. The minimum absolute atomic E-state index is 0.00530. The van der Waals surface area contributed by atoms with Crippen molar-refractivity contribution in [2.45, 2.75) is 31.8 Å². The van der Waals surface area contributed by atoms with Crippen molar-refractivity contribution in [1.29, 1.82) is 0 Å². The first-order valence-electron chi connectivity index (χ1n) is 7.95. The van der Waals surface area contributed by atoms with Crippen molar-refractivity contribution in [3.8, 4) is 5.75 Å². The molecule has 1 fully saturated rings. The average molecular weight is 331 g/mol. The molecular weight excluding hydrogens is 310 g/mol. The first-order chi connectivity index (χ1) is 11.2. The second kappa shape index (κ2) is 7.15. The summed E-state index contributed by atoms with van der Waals surface area (Å²) in [6.45, 7) is 3.41. The van der Waals surface area contributed by atoms with Gasteiger partial charge in [-0.05, 0) is 48.9 Å². The summed E-state index contributed by atoms with van der Waals surface area (Å²) >= 11 is 1.68. The van der Waals surface area contributed by atoms with Crippen LogP contribution >= 0.6 is 11.3 Å². The topological polar surface area (TPSA) is 49.8 Å². The fourth-order valence-electron chi connectivity index (χ4n) is 3.24. The van der Waals surface area contributed by atoms with Gasteiger partial charge in [-0.2, -0.15) is 0 Å². The van der Waals surface area contributed by atoms with E-state index >= 15 is 0 Å². The molecule has 4 nitrogen and oxygen atoms in total. The van der Waals surface area contributed by atoms with Crippen molar-refractivity contribution in [1.82, 2.24) is 4.90 Å². The van der Waals surface area contributed by atoms with Crippen LogP contribution in [-0.2, 0) is 4.79 Å². The number of ether oxygens (including phenoxy) is 1. The molecule has 5 heteroatoms. The Labute approximate surface area is 140 Å². The van der Waals surface area contributed by atoms with Gasteiger partial charge in [-0.3, -0.25) is 9.69 Å². The Bertz CT molecular complexity index is 639. The lowest BCUT2D eigenvalue weighted by Gasteiger charge is -2.31. The molecule has 2 aromatic rings. The summed E-state index contributed by atoms with van der Waals surface area (Å²) in [6, 6.07) is 11.7. The Kier molecular flexibility index (Phi) is 4.98. The standard InChI is InChI=1S/C18H21NO3S/c1-2-22-14-9-7-13(8-10-14)17(16-6-4-12-23-16)19-11-3-5-15(19)18(20)21/h4,6-10,12,15,17H,2-3,5,11H2,1H3,(H,20,21). The fraction of sp³-hybridized carbons (Fsp3) is 0.389. The van der Waals surface area contributed by atoms with Gasteiger partial charge >= 0.3 is 5.97 Å². The van der Waals surface area contributed by atoms with Gasteiger partial charge in [-0.1, -0.05) is 18.2 Å². The number of nitrogens with zero attached hydrogens (tertiary/aromatic N) is 1. The van der Waals surface area contributed by atoms with E-state index in [1.165, 1.54) is 4.88 Å². The highest BCUT2D eigenvalue weighted by Gasteiger charge is 2.37. The zero-order valence-electron chi connectivity index (χ0n) is 13.1. The summed E-state index contributed by atoms with van der Waals surface area (Å²) in [5.74, 6) is 0.118. The number of benzene rings is 1. The van der Waals surface area contributed by atoms with Gasteiger partial charge in [0.15, 0.2) is 0 Å². The van der Waals surface area contributed by atoms with Gasteiger partial charge in [0.25, 0.3) is 0 Å². The van der Waals surface area contributed by atoms with Crippen LogP contribution in [0.5, 0.6) is 5.75 Å². The van der Waals surface area contributed by atoms with Crippen LogP contribution in [0.15, 0.2) is 41.8 Å². The highest BCUT2D eigenvalue weighted by atomic mass is 32.1. The van der Waals surface area contributed by atoms with Gasteiger partial charge in [0.1, 0.15) is 11.8 Å². The van der Waals surface area contributed by atoms with E-state index in [1.54, 1.807) is 11.3 Å². The molecule has 122 valence electrons. The van der Waals surface area contributed by atoms with Crippen LogP contribution < -0.4 is 4.74 Å². The second-order valence-electron chi connectivity index (χ2n) is 5.65. The molecule has 2 heterocycles. The number of rotatable bonds is 6. The van der Waals surface area contributed by atoms with Crippen LogP contribution in [-0.4, -0.2) is 35.2 Å². The third-order valence-corrected chi connectivity index (χ3v) is 5.16. The number of hydrogen-bond donors (Lipinski definition) is 1. The Morgan fingerprint density at radius 1 is 1.39 bits per heavy atom. The van der Waals surface area contributed by atoms with Gasteiger partial charge in [0, 0.05) is 11.4 Å². The lowest BCUT2D eigenvalue weighted by atomic mass is 10.0. The van der Waals surface area contributed by atoms with Gasteiger partial charge in [-0.15, -0.1) is 11.3 Å². The van der Waals surface area contributed by atoms with E-state index in [2.05, 4.69) is 11.0 Å². The summed E-state index contributed by atoms with van der Waals surface area (Å²) in [5, 5.41) is 11.6. The first kappa shape index (κ1) is 16.0. The van der Waals surface area contributed by atoms with Crippen molar-refractivity contribution in [3.63, 3.8) is 0 Å². The minimum atomic E-state index is -0.727. The number of carboxylic acid groups (broad SMARTS) is 1. The monoisotopic (exact) mass is 331 g/mol. The molecule has 0 spiro atoms. The number of likely N-dealkylation sites (tertiary alicyclic amines) is 1. The molecule has 1 aromatic heterocycles. The minimum Gasteiger partial charge on any atom is -0.494 e. The molecule has 23 heavy (non-hydrogen) atoms. The highest BCUT2D eigenvalue weighted by Crippen LogP contribution is 2.37. The quantitative estimate of drug-likeness (QED) is 0.875. The third-order valence-electron chi connectivity index (χ3n) is 4.23. The summed E-state index contributed by atoms with van der Waals surface area (Å²) in [6.07, 6.45) is 1.64. The van der Waals surface area contributed by atoms with Crippen LogP contribution in [0.2, 0.25) is 0 Å². The zero-order valence-corrected chi connectivity index (χ0v) is 14.0. The number of carbonyl (C=O) groups is 1. The zero-order chi connectivity index (χ0) is 16.2. The maximum atomic E-state index is 11.6. The molecule has 1 saturated heterocycles. The molecule has 1 N–H and O–H groups in total. The van der Waals surface area contributed by atoms with E-state index in [0.29, 0.717) is 13.0 Å². The summed E-state index contributed by atoms with van der Waals surface area (Å²) < 4.78 is 5.51. The Hall–Kier alpha value is -1.85. The molecule has 3 rings (SSSR count). The molecule has 0 bridgehead atoms. The van der Waals surface area contributed by atoms with Gasteiger partial charge in [0.05, 0.1) is 12.6 Å². The number of aliphatic carboxylic acids is 1. The largest absolute Gasteiger partial charge is 0.494 e. The Balaban J connectivity index is 1.94. The van der Waals surface area contributed by atoms with Gasteiger partial charge in [0.2, 0.25) is 0 Å². The first-order valence-corrected chi connectivity index (χ1v) is 8.83. The van der Waals surface area contributed by atoms with E-state index in [0.717, 1.165) is 24.3 Å². The Morgan fingerprint density at radius 2 is 2.17 bits per heavy atom. The maximum Gasteiger partial charge on any atom is 0.320 e. The van der Waals surface area contributed by atoms with Crippen molar-refractivity contribution in [2.75, 3.05) is 13.2 Å². The summed E-state index contributed by atoms with van der Waals surface area (Å²) in [5.41, 5.74) is 1.11. The van der Waals surface area contributed by atoms with Gasteiger partial charge < -0.3 is 9.84 Å². The number of hydrogen-bond acceptors (Lipinski definition) is 4. The molecule has 1 aliphatic rings. The summed E-state index contributed by atoms with van der Waals surface area (Å²) in [4.78, 5) is 14.9. The van der Waals surface area contributed by atoms with E-state index in [9.17, 15) is 9.90 Å². The Morgan fingerprint density at radius 3 is 2.78 bits per heavy atom. The molecule has 0 saturated carbocycles. The number of carboxylic acids is 1. The lowest BCUT2D eigenvalue weighted by Crippen LogP contribution is -2.38. The predicted molar refractivity (Wildman–Crippen MR) is 91.1 cm³/mol. The van der Waals surface area contributed by atoms with Crippen LogP contribution in [0.3, 0.4) is 0 Å². The van der Waals surface area contributed by atoms with Crippen LogP contribution in [0.4, 0.5) is 0 Å². The molecule has 1 aliphatic heterocycles. The third kappa shape index (κ3) is 3.41. The molecule has 0 amide bonds. The summed E-state index contributed by atoms with van der Waals surface area (Å²) in [7, 11) is 0. The van der Waals surface area contributed by atoms with Crippen LogP contribution in [0.1, 0.15) is 36.2 Å². The van der Waals surface area contributed by atoms with Crippen LogP contribution in [0, 0.1) is 0 Å². The van der Waals surface area contributed by atoms with Gasteiger partial charge in [-0.25, -0.2) is 0 Å². The molecule has 2 atom stereocenters. The van der Waals surface area contributed by atoms with Crippen molar-refractivity contribution >= 4 is 17.3 Å². The van der Waals surface area contributed by atoms with E-state index in [-0.39, 0.29) is 6.04 Å². The van der Waals surface area contributed by atoms with E-state index in [4.69, 9.17) is 4.74 Å². The maximum absolute atomic E-state index is 11.6. The molecule has 1 aromatic carbocycles. The lowest BCUT2D eigenvalue weighted by molar-refractivity contribution is -0.142. The predicted octanol–water partition coefficient (Wildman–Crippen LogP) is 3.79. The SMILES string of the molecule is CCOc1ccc(C(c2cccs2)N2CCCC2C(=O)O)cc1. The molecule has 0 aliphatic carbocycles. The van der Waals surface area contributed by atoms with Crippen molar-refractivity contribution in [2.24, 2.45) is 0 Å². The molecule has 2 unspecified atom stereocenters. The van der Waals surface area contributed by atoms with Crippen molar-refractivity contribution < 1.29 is 14.6 Å². The molecule has 0 radical (unpaired) electrons. The second-order valence-corrected chi connectivity index (χ2v) is 6.63. The highest BCUT2D eigenvalue weighted by molar-refractivity contribution is 7.10. The van der Waals surface area contributed by atoms with Crippen molar-refractivity contribution in [3.05, 3.63) is 52.2 Å². The van der Waals surface area contributed by atoms with E-state index < -0.39 is 12.0 Å². The number of thiophene rings is 1. The average Bonchev–Trinajstić information content (AvgIpc) is 3.22. The fourth-order valence-corrected chi connectivity index (χ4v) is 4.11. The smallest absolute Gasteiger partial charge is 0.320 e. The van der Waals surface area contributed by atoms with E-state index in [1.807, 2.05) is 42.6 Å². The normalized spacial score (nSPS) is 19.6. The van der Waals surface area contributed by atoms with Crippen LogP contribution in [0.25, 0.3) is 0 Å².